The number of hydrogen-bond acceptors (Lipinski definition) is 2. The lowest BCUT2D eigenvalue weighted by Gasteiger charge is -2.11. The molecule has 1 N–H and O–H groups in total. The number of carboxylic acid groups (broad SMARTS) is 1. The number of ether oxygens (including phenoxy) is 1. The normalized spacial score (nSPS) is 11.0. The minimum atomic E-state index is -1.03. The van der Waals surface area contributed by atoms with Crippen LogP contribution in [0.5, 0.6) is 5.75 Å². The van der Waals surface area contributed by atoms with Crippen LogP contribution in [0.1, 0.15) is 11.1 Å². The van der Waals surface area contributed by atoms with Gasteiger partial charge in [0.1, 0.15) is 6.61 Å². The number of carbonyl (C=O) groups is 1. The van der Waals surface area contributed by atoms with Crippen molar-refractivity contribution in [2.24, 2.45) is 0 Å². The fourth-order valence-corrected chi connectivity index (χ4v) is 3.08. The summed E-state index contributed by atoms with van der Waals surface area (Å²) in [6, 6.07) is 8.56. The Labute approximate surface area is 156 Å². The monoisotopic (exact) mass is 434 g/mol. The van der Waals surface area contributed by atoms with Gasteiger partial charge in [-0.2, -0.15) is 0 Å². The Morgan fingerprint density at radius 1 is 1.13 bits per heavy atom. The summed E-state index contributed by atoms with van der Waals surface area (Å²) < 4.78 is 6.33. The molecule has 3 nitrogen and oxygen atoms in total. The highest BCUT2D eigenvalue weighted by Gasteiger charge is 2.10. The molecule has 0 saturated heterocycles. The van der Waals surface area contributed by atoms with Gasteiger partial charge in [0.2, 0.25) is 0 Å². The van der Waals surface area contributed by atoms with Crippen molar-refractivity contribution in [1.29, 1.82) is 0 Å². The van der Waals surface area contributed by atoms with E-state index in [1.54, 1.807) is 30.3 Å². The molecule has 0 fully saturated rings. The summed E-state index contributed by atoms with van der Waals surface area (Å²) in [5, 5.41) is 9.94. The first-order valence-corrected chi connectivity index (χ1v) is 8.26. The van der Waals surface area contributed by atoms with Crippen LogP contribution in [0.15, 0.2) is 40.9 Å². The van der Waals surface area contributed by atoms with Gasteiger partial charge in [-0.05, 0) is 57.4 Å². The molecule has 0 atom stereocenters. The summed E-state index contributed by atoms with van der Waals surface area (Å²) in [7, 11) is 0. The van der Waals surface area contributed by atoms with Crippen LogP contribution in [0.4, 0.5) is 0 Å². The molecule has 120 valence electrons. The van der Waals surface area contributed by atoms with Gasteiger partial charge < -0.3 is 9.84 Å². The second-order valence-corrected chi connectivity index (χ2v) is 6.60. The molecule has 2 aromatic carbocycles. The zero-order valence-electron chi connectivity index (χ0n) is 11.5. The lowest BCUT2D eigenvalue weighted by atomic mass is 10.2. The van der Waals surface area contributed by atoms with Crippen molar-refractivity contribution < 1.29 is 14.6 Å². The molecule has 0 aliphatic rings. The molecule has 0 amide bonds. The predicted octanol–water partition coefficient (Wildman–Crippen LogP) is 6.09. The van der Waals surface area contributed by atoms with E-state index in [0.717, 1.165) is 11.6 Å². The summed E-state index contributed by atoms with van der Waals surface area (Å²) in [4.78, 5) is 10.5. The number of benzene rings is 2. The third kappa shape index (κ3) is 5.15. The van der Waals surface area contributed by atoms with Crippen molar-refractivity contribution in [2.75, 3.05) is 0 Å². The average Bonchev–Trinajstić information content (AvgIpc) is 2.48. The van der Waals surface area contributed by atoms with Gasteiger partial charge in [0.15, 0.2) is 5.75 Å². The SMILES string of the molecule is O=C(O)C=Cc1cc(Cl)c(OCc2ccc(Cl)c(Cl)c2)c(Br)c1. The molecule has 0 unspecified atom stereocenters. The van der Waals surface area contributed by atoms with Crippen molar-refractivity contribution in [3.8, 4) is 5.75 Å². The molecule has 0 bridgehead atoms. The Bertz CT molecular complexity index is 752. The standard InChI is InChI=1S/C16H10BrCl3O3/c17-11-5-9(2-4-15(21)22)6-14(20)16(11)23-8-10-1-3-12(18)13(19)7-10/h1-7H,8H2,(H,21,22). The van der Waals surface area contributed by atoms with Gasteiger partial charge in [-0.1, -0.05) is 40.9 Å². The first-order chi connectivity index (χ1) is 10.9. The molecule has 2 aromatic rings. The number of halogens is 4. The zero-order valence-corrected chi connectivity index (χ0v) is 15.4. The van der Waals surface area contributed by atoms with Crippen LogP contribution in [-0.4, -0.2) is 11.1 Å². The Hall–Kier alpha value is -1.20. The van der Waals surface area contributed by atoms with Crippen LogP contribution in [0.25, 0.3) is 6.08 Å². The van der Waals surface area contributed by atoms with Gasteiger partial charge >= 0.3 is 5.97 Å². The number of rotatable bonds is 5. The zero-order chi connectivity index (χ0) is 17.0. The first-order valence-electron chi connectivity index (χ1n) is 6.33. The topological polar surface area (TPSA) is 46.5 Å². The highest BCUT2D eigenvalue weighted by atomic mass is 79.9. The Morgan fingerprint density at radius 3 is 2.48 bits per heavy atom. The molecular formula is C16H10BrCl3O3. The van der Waals surface area contributed by atoms with E-state index in [0.29, 0.717) is 30.9 Å². The third-order valence-corrected chi connectivity index (χ3v) is 4.41. The van der Waals surface area contributed by atoms with Crippen LogP contribution in [-0.2, 0) is 11.4 Å². The van der Waals surface area contributed by atoms with Gasteiger partial charge in [-0.25, -0.2) is 4.79 Å². The van der Waals surface area contributed by atoms with E-state index in [1.165, 1.54) is 6.08 Å². The van der Waals surface area contributed by atoms with Crippen LogP contribution in [0.3, 0.4) is 0 Å². The Balaban J connectivity index is 2.16. The molecule has 0 saturated carbocycles. The van der Waals surface area contributed by atoms with E-state index in [1.807, 2.05) is 0 Å². The average molecular weight is 437 g/mol. The summed E-state index contributed by atoms with van der Waals surface area (Å²) >= 11 is 21.4. The fourth-order valence-electron chi connectivity index (χ4n) is 1.77. The lowest BCUT2D eigenvalue weighted by Crippen LogP contribution is -1.97. The second-order valence-electron chi connectivity index (χ2n) is 4.52. The molecular weight excluding hydrogens is 426 g/mol. The van der Waals surface area contributed by atoms with Gasteiger partial charge in [0.05, 0.1) is 19.5 Å². The van der Waals surface area contributed by atoms with Crippen molar-refractivity contribution >= 4 is 62.8 Å². The van der Waals surface area contributed by atoms with Crippen LogP contribution in [0, 0.1) is 0 Å². The van der Waals surface area contributed by atoms with Crippen molar-refractivity contribution in [2.45, 2.75) is 6.61 Å². The Kier molecular flexibility index (Phi) is 6.36. The van der Waals surface area contributed by atoms with Crippen molar-refractivity contribution in [3.05, 3.63) is 67.1 Å². The van der Waals surface area contributed by atoms with Gasteiger partial charge in [0, 0.05) is 6.08 Å². The molecule has 0 radical (unpaired) electrons. The molecule has 0 aliphatic carbocycles. The number of aliphatic carboxylic acids is 1. The summed E-state index contributed by atoms with van der Waals surface area (Å²) in [6.45, 7) is 0.263. The molecule has 0 spiro atoms. The van der Waals surface area contributed by atoms with E-state index in [4.69, 9.17) is 44.6 Å². The van der Waals surface area contributed by atoms with Crippen molar-refractivity contribution in [1.82, 2.24) is 0 Å². The summed E-state index contributed by atoms with van der Waals surface area (Å²) in [5.41, 5.74) is 1.49. The van der Waals surface area contributed by atoms with Crippen LogP contribution < -0.4 is 4.74 Å². The highest BCUT2D eigenvalue weighted by molar-refractivity contribution is 9.10. The van der Waals surface area contributed by atoms with Gasteiger partial charge in [-0.15, -0.1) is 0 Å². The number of hydrogen-bond donors (Lipinski definition) is 1. The summed E-state index contributed by atoms with van der Waals surface area (Å²) in [5.74, 6) is -0.567. The first kappa shape index (κ1) is 18.1. The van der Waals surface area contributed by atoms with E-state index < -0.39 is 5.97 Å². The molecule has 0 aliphatic heterocycles. The summed E-state index contributed by atoms with van der Waals surface area (Å²) in [6.07, 6.45) is 2.48. The van der Waals surface area contributed by atoms with Gasteiger partial charge in [0.25, 0.3) is 0 Å². The minimum Gasteiger partial charge on any atom is -0.486 e. The van der Waals surface area contributed by atoms with E-state index in [9.17, 15) is 4.79 Å². The van der Waals surface area contributed by atoms with Crippen molar-refractivity contribution in [3.63, 3.8) is 0 Å². The van der Waals surface area contributed by atoms with E-state index in [-0.39, 0.29) is 6.61 Å². The predicted molar refractivity (Wildman–Crippen MR) is 96.6 cm³/mol. The molecule has 23 heavy (non-hydrogen) atoms. The quantitative estimate of drug-likeness (QED) is 0.577. The van der Waals surface area contributed by atoms with E-state index in [2.05, 4.69) is 15.9 Å². The molecule has 2 rings (SSSR count). The Morgan fingerprint density at radius 2 is 1.87 bits per heavy atom. The highest BCUT2D eigenvalue weighted by Crippen LogP contribution is 2.35. The minimum absolute atomic E-state index is 0.263. The smallest absolute Gasteiger partial charge is 0.328 e. The second kappa shape index (κ2) is 8.06. The van der Waals surface area contributed by atoms with Crippen LogP contribution >= 0.6 is 50.7 Å². The lowest BCUT2D eigenvalue weighted by molar-refractivity contribution is -0.131. The molecule has 0 heterocycles. The maximum absolute atomic E-state index is 10.5. The number of carboxylic acids is 1. The van der Waals surface area contributed by atoms with Gasteiger partial charge in [-0.3, -0.25) is 0 Å². The fraction of sp³-hybridized carbons (Fsp3) is 0.0625. The third-order valence-electron chi connectivity index (χ3n) is 2.81. The maximum Gasteiger partial charge on any atom is 0.328 e. The molecule has 0 aromatic heterocycles. The largest absolute Gasteiger partial charge is 0.486 e. The maximum atomic E-state index is 10.5. The van der Waals surface area contributed by atoms with E-state index >= 15 is 0 Å². The molecule has 7 heteroatoms. The van der Waals surface area contributed by atoms with Crippen LogP contribution in [0.2, 0.25) is 15.1 Å².